The summed E-state index contributed by atoms with van der Waals surface area (Å²) in [4.78, 5) is 34.1. The summed E-state index contributed by atoms with van der Waals surface area (Å²) in [6.45, 7) is 2.65. The standard InChI is InChI=1S/C14H18N2O6/c1-7(14(19)20)15-13(18)9-5-10(16-8(2)17)12(22-4)11(6-9)21-3/h5-7H,1-4H3,(H,15,18)(H,16,17)(H,19,20). The number of aliphatic carboxylic acids is 1. The van der Waals surface area contributed by atoms with E-state index in [0.717, 1.165) is 0 Å². The zero-order chi connectivity index (χ0) is 16.9. The van der Waals surface area contributed by atoms with Crippen LogP contribution in [0.5, 0.6) is 11.5 Å². The van der Waals surface area contributed by atoms with Gasteiger partial charge in [-0.2, -0.15) is 0 Å². The lowest BCUT2D eigenvalue weighted by molar-refractivity contribution is -0.138. The SMILES string of the molecule is COc1cc(C(=O)NC(C)C(=O)O)cc(NC(C)=O)c1OC. The smallest absolute Gasteiger partial charge is 0.325 e. The molecule has 0 saturated heterocycles. The minimum atomic E-state index is -1.16. The van der Waals surface area contributed by atoms with Crippen molar-refractivity contribution in [2.45, 2.75) is 19.9 Å². The number of methoxy groups -OCH3 is 2. The first kappa shape index (κ1) is 17.3. The lowest BCUT2D eigenvalue weighted by Crippen LogP contribution is -2.38. The predicted molar refractivity (Wildman–Crippen MR) is 78.4 cm³/mol. The van der Waals surface area contributed by atoms with Crippen LogP contribution in [0.3, 0.4) is 0 Å². The number of amides is 2. The minimum Gasteiger partial charge on any atom is -0.493 e. The molecule has 8 nitrogen and oxygen atoms in total. The van der Waals surface area contributed by atoms with E-state index in [-0.39, 0.29) is 28.7 Å². The summed E-state index contributed by atoms with van der Waals surface area (Å²) in [5.41, 5.74) is 0.386. The van der Waals surface area contributed by atoms with Crippen LogP contribution in [0.25, 0.3) is 0 Å². The van der Waals surface area contributed by atoms with Gasteiger partial charge in [0.1, 0.15) is 6.04 Å². The minimum absolute atomic E-state index is 0.134. The number of benzene rings is 1. The number of carboxylic acids is 1. The molecule has 1 aromatic rings. The Morgan fingerprint density at radius 1 is 1.18 bits per heavy atom. The summed E-state index contributed by atoms with van der Waals surface area (Å²) in [6.07, 6.45) is 0. The monoisotopic (exact) mass is 310 g/mol. The summed E-state index contributed by atoms with van der Waals surface area (Å²) in [7, 11) is 2.78. The van der Waals surface area contributed by atoms with Gasteiger partial charge in [-0.3, -0.25) is 14.4 Å². The van der Waals surface area contributed by atoms with Gasteiger partial charge in [-0.25, -0.2) is 0 Å². The highest BCUT2D eigenvalue weighted by Gasteiger charge is 2.20. The number of carboxylic acid groups (broad SMARTS) is 1. The molecule has 0 aliphatic heterocycles. The van der Waals surface area contributed by atoms with Crippen LogP contribution in [0.15, 0.2) is 12.1 Å². The van der Waals surface area contributed by atoms with E-state index in [4.69, 9.17) is 14.6 Å². The van der Waals surface area contributed by atoms with E-state index < -0.39 is 17.9 Å². The van der Waals surface area contributed by atoms with E-state index in [1.54, 1.807) is 0 Å². The molecule has 1 atom stereocenters. The van der Waals surface area contributed by atoms with Gasteiger partial charge >= 0.3 is 5.97 Å². The quantitative estimate of drug-likeness (QED) is 0.718. The number of anilines is 1. The van der Waals surface area contributed by atoms with Gasteiger partial charge in [0.15, 0.2) is 11.5 Å². The van der Waals surface area contributed by atoms with E-state index in [2.05, 4.69) is 10.6 Å². The first-order valence-electron chi connectivity index (χ1n) is 6.37. The number of ether oxygens (including phenoxy) is 2. The van der Waals surface area contributed by atoms with Crippen molar-refractivity contribution in [3.8, 4) is 11.5 Å². The highest BCUT2D eigenvalue weighted by atomic mass is 16.5. The van der Waals surface area contributed by atoms with Crippen molar-refractivity contribution < 1.29 is 29.0 Å². The molecular weight excluding hydrogens is 292 g/mol. The van der Waals surface area contributed by atoms with Crippen molar-refractivity contribution >= 4 is 23.5 Å². The van der Waals surface area contributed by atoms with Gasteiger partial charge in [0.2, 0.25) is 5.91 Å². The molecule has 0 radical (unpaired) electrons. The van der Waals surface area contributed by atoms with Crippen LogP contribution in [0, 0.1) is 0 Å². The summed E-state index contributed by atoms with van der Waals surface area (Å²) >= 11 is 0. The van der Waals surface area contributed by atoms with Gasteiger partial charge in [-0.1, -0.05) is 0 Å². The molecule has 8 heteroatoms. The molecule has 0 aliphatic carbocycles. The molecule has 0 heterocycles. The Labute approximate surface area is 127 Å². The molecule has 1 aromatic carbocycles. The second-order valence-corrected chi connectivity index (χ2v) is 4.47. The van der Waals surface area contributed by atoms with Crippen LogP contribution < -0.4 is 20.1 Å². The van der Waals surface area contributed by atoms with Crippen LogP contribution >= 0.6 is 0 Å². The van der Waals surface area contributed by atoms with E-state index in [9.17, 15) is 14.4 Å². The summed E-state index contributed by atoms with van der Waals surface area (Å²) in [5.74, 6) is -1.61. The maximum Gasteiger partial charge on any atom is 0.325 e. The molecule has 0 fully saturated rings. The van der Waals surface area contributed by atoms with Crippen molar-refractivity contribution in [2.75, 3.05) is 19.5 Å². The summed E-state index contributed by atoms with van der Waals surface area (Å²) in [6, 6.07) is 1.73. The second-order valence-electron chi connectivity index (χ2n) is 4.47. The maximum atomic E-state index is 12.1. The number of hydrogen-bond acceptors (Lipinski definition) is 5. The third kappa shape index (κ3) is 4.11. The van der Waals surface area contributed by atoms with Gasteiger partial charge in [-0.05, 0) is 19.1 Å². The number of carbonyl (C=O) groups excluding carboxylic acids is 2. The molecule has 0 bridgehead atoms. The molecule has 120 valence electrons. The molecule has 1 rings (SSSR count). The third-order valence-electron chi connectivity index (χ3n) is 2.77. The van der Waals surface area contributed by atoms with Gasteiger partial charge in [0.25, 0.3) is 5.91 Å². The summed E-state index contributed by atoms with van der Waals surface area (Å²) in [5, 5.41) is 13.7. The third-order valence-corrected chi connectivity index (χ3v) is 2.77. The van der Waals surface area contributed by atoms with Crippen molar-refractivity contribution in [2.24, 2.45) is 0 Å². The molecule has 0 spiro atoms. The van der Waals surface area contributed by atoms with Crippen LogP contribution in [-0.2, 0) is 9.59 Å². The Balaban J connectivity index is 3.22. The van der Waals surface area contributed by atoms with Crippen LogP contribution in [-0.4, -0.2) is 43.2 Å². The maximum absolute atomic E-state index is 12.1. The number of carbonyl (C=O) groups is 3. The lowest BCUT2D eigenvalue weighted by atomic mass is 10.1. The van der Waals surface area contributed by atoms with Gasteiger partial charge < -0.3 is 25.2 Å². The fraction of sp³-hybridized carbons (Fsp3) is 0.357. The largest absolute Gasteiger partial charge is 0.493 e. The molecular formula is C14H18N2O6. The zero-order valence-electron chi connectivity index (χ0n) is 12.7. The fourth-order valence-electron chi connectivity index (χ4n) is 1.72. The van der Waals surface area contributed by atoms with Gasteiger partial charge in [0, 0.05) is 12.5 Å². The Hall–Kier alpha value is -2.77. The normalized spacial score (nSPS) is 11.3. The molecule has 2 amide bonds. The Morgan fingerprint density at radius 3 is 2.27 bits per heavy atom. The van der Waals surface area contributed by atoms with Crippen LogP contribution in [0.2, 0.25) is 0 Å². The fourth-order valence-corrected chi connectivity index (χ4v) is 1.72. The Bertz CT molecular complexity index is 599. The van der Waals surface area contributed by atoms with E-state index in [0.29, 0.717) is 0 Å². The van der Waals surface area contributed by atoms with Crippen molar-refractivity contribution in [3.63, 3.8) is 0 Å². The van der Waals surface area contributed by atoms with Gasteiger partial charge in [0.05, 0.1) is 19.9 Å². The average molecular weight is 310 g/mol. The second kappa shape index (κ2) is 7.30. The molecule has 0 aliphatic rings. The topological polar surface area (TPSA) is 114 Å². The first-order valence-corrected chi connectivity index (χ1v) is 6.37. The average Bonchev–Trinajstić information content (AvgIpc) is 2.45. The van der Waals surface area contributed by atoms with E-state index >= 15 is 0 Å². The van der Waals surface area contributed by atoms with E-state index in [1.807, 2.05) is 0 Å². The van der Waals surface area contributed by atoms with Crippen LogP contribution in [0.1, 0.15) is 24.2 Å². The van der Waals surface area contributed by atoms with Crippen molar-refractivity contribution in [3.05, 3.63) is 17.7 Å². The van der Waals surface area contributed by atoms with E-state index in [1.165, 1.54) is 40.2 Å². The molecule has 1 unspecified atom stereocenters. The highest BCUT2D eigenvalue weighted by molar-refractivity contribution is 6.00. The molecule has 22 heavy (non-hydrogen) atoms. The Kier molecular flexibility index (Phi) is 5.73. The summed E-state index contributed by atoms with van der Waals surface area (Å²) < 4.78 is 10.3. The number of nitrogens with one attached hydrogen (secondary N) is 2. The lowest BCUT2D eigenvalue weighted by Gasteiger charge is -2.16. The number of hydrogen-bond donors (Lipinski definition) is 3. The highest BCUT2D eigenvalue weighted by Crippen LogP contribution is 2.36. The number of rotatable bonds is 6. The molecule has 0 saturated carbocycles. The molecule has 0 aromatic heterocycles. The molecule has 3 N–H and O–H groups in total. The predicted octanol–water partition coefficient (Wildman–Crippen LogP) is 0.865. The zero-order valence-corrected chi connectivity index (χ0v) is 12.7. The first-order chi connectivity index (χ1) is 10.3. The van der Waals surface area contributed by atoms with Crippen molar-refractivity contribution in [1.29, 1.82) is 0 Å². The van der Waals surface area contributed by atoms with Gasteiger partial charge in [-0.15, -0.1) is 0 Å². The Morgan fingerprint density at radius 2 is 1.82 bits per heavy atom. The van der Waals surface area contributed by atoms with Crippen LogP contribution in [0.4, 0.5) is 5.69 Å². The van der Waals surface area contributed by atoms with Crippen molar-refractivity contribution in [1.82, 2.24) is 5.32 Å².